The quantitative estimate of drug-likeness (QED) is 0.537. The van der Waals surface area contributed by atoms with Crippen LogP contribution in [0.1, 0.15) is 0 Å². The Labute approximate surface area is 44.5 Å². The molecule has 0 atom stereocenters. The fourth-order valence-corrected chi connectivity index (χ4v) is 0.585. The maximum atomic E-state index is 4.69. The number of aromatic nitrogens is 3. The zero-order chi connectivity index (χ0) is 5.40. The second-order valence-corrected chi connectivity index (χ2v) is 1.48. The van der Waals surface area contributed by atoms with Crippen LogP contribution in [0.25, 0.3) is 11.1 Å². The van der Waals surface area contributed by atoms with E-state index in [4.69, 9.17) is 0 Å². The van der Waals surface area contributed by atoms with E-state index < -0.39 is 0 Å². The van der Waals surface area contributed by atoms with Gasteiger partial charge in [-0.05, 0) is 0 Å². The van der Waals surface area contributed by atoms with Gasteiger partial charge in [-0.2, -0.15) is 5.10 Å². The lowest BCUT2D eigenvalue weighted by molar-refractivity contribution is 0.446. The lowest BCUT2D eigenvalue weighted by Gasteiger charge is -1.63. The maximum absolute atomic E-state index is 4.69. The van der Waals surface area contributed by atoms with Gasteiger partial charge in [-0.25, -0.2) is 5.10 Å². The molecule has 0 radical (unpaired) electrons. The van der Waals surface area contributed by atoms with Gasteiger partial charge in [0.15, 0.2) is 0 Å². The van der Waals surface area contributed by atoms with Gasteiger partial charge >= 0.3 is 0 Å². The molecular formula is C4H3N3O. The first-order valence-corrected chi connectivity index (χ1v) is 2.20. The number of nitrogens with zero attached hydrogens (tertiary/aromatic N) is 2. The van der Waals surface area contributed by atoms with Crippen LogP contribution in [0.5, 0.6) is 0 Å². The highest BCUT2D eigenvalue weighted by Gasteiger charge is 1.95. The number of rotatable bonds is 0. The smallest absolute Gasteiger partial charge is 0.253 e. The molecule has 2 rings (SSSR count). The molecule has 2 aromatic heterocycles. The Morgan fingerprint density at radius 1 is 1.50 bits per heavy atom. The van der Waals surface area contributed by atoms with Crippen molar-refractivity contribution in [2.75, 3.05) is 0 Å². The van der Waals surface area contributed by atoms with Crippen molar-refractivity contribution in [3.63, 3.8) is 0 Å². The van der Waals surface area contributed by atoms with Gasteiger partial charge in [0.2, 0.25) is 0 Å². The van der Waals surface area contributed by atoms with Crippen LogP contribution in [0.3, 0.4) is 0 Å². The number of hydrogen-bond acceptors (Lipinski definition) is 3. The Morgan fingerprint density at radius 3 is 3.38 bits per heavy atom. The molecule has 2 heterocycles. The van der Waals surface area contributed by atoms with Crippen LogP contribution >= 0.6 is 0 Å². The molecule has 0 fully saturated rings. The van der Waals surface area contributed by atoms with Gasteiger partial charge < -0.3 is 4.52 Å². The number of nitrogens with one attached hydrogen (secondary N) is 1. The number of H-pyrrole nitrogens is 1. The molecule has 0 unspecified atom stereocenters. The third-order valence-corrected chi connectivity index (χ3v) is 0.968. The first-order valence-electron chi connectivity index (χ1n) is 2.20. The predicted octanol–water partition coefficient (Wildman–Crippen LogP) is 0.551. The third kappa shape index (κ3) is 0.294. The van der Waals surface area contributed by atoms with Crippen LogP contribution in [0, 0.1) is 0 Å². The Bertz CT molecular complexity index is 233. The van der Waals surface area contributed by atoms with Crippen LogP contribution in [0.4, 0.5) is 0 Å². The number of hydrogen-bond donors (Lipinski definition) is 1. The molecule has 40 valence electrons. The highest BCUT2D eigenvalue weighted by Crippen LogP contribution is 2.05. The van der Waals surface area contributed by atoms with Gasteiger partial charge in [0.05, 0.1) is 17.8 Å². The molecule has 0 aromatic carbocycles. The molecule has 0 saturated heterocycles. The highest BCUT2D eigenvalue weighted by molar-refractivity contribution is 5.70. The minimum absolute atomic E-state index is 0.630. The summed E-state index contributed by atoms with van der Waals surface area (Å²) < 4.78 is 4.69. The molecule has 2 aromatic rings. The van der Waals surface area contributed by atoms with Crippen molar-refractivity contribution in [2.24, 2.45) is 0 Å². The summed E-state index contributed by atoms with van der Waals surface area (Å²) in [6.45, 7) is 0. The summed E-state index contributed by atoms with van der Waals surface area (Å²) in [5, 5.41) is 10.7. The lowest BCUT2D eigenvalue weighted by Crippen LogP contribution is -1.60. The lowest BCUT2D eigenvalue weighted by atomic mass is 10.5. The van der Waals surface area contributed by atoms with Gasteiger partial charge in [0, 0.05) is 0 Å². The van der Waals surface area contributed by atoms with E-state index in [0.717, 1.165) is 5.39 Å². The van der Waals surface area contributed by atoms with Crippen molar-refractivity contribution in [1.82, 2.24) is 15.4 Å². The Hall–Kier alpha value is -1.32. The summed E-state index contributed by atoms with van der Waals surface area (Å²) in [4.78, 5) is 0. The molecular weight excluding hydrogens is 106 g/mol. The molecule has 0 spiro atoms. The van der Waals surface area contributed by atoms with E-state index in [1.165, 1.54) is 0 Å². The van der Waals surface area contributed by atoms with Crippen molar-refractivity contribution in [3.8, 4) is 0 Å². The van der Waals surface area contributed by atoms with Gasteiger partial charge in [-0.15, -0.1) is 0 Å². The van der Waals surface area contributed by atoms with E-state index in [9.17, 15) is 0 Å². The van der Waals surface area contributed by atoms with Crippen LogP contribution in [-0.2, 0) is 0 Å². The minimum atomic E-state index is 0.630. The predicted molar refractivity (Wildman–Crippen MR) is 26.2 cm³/mol. The first-order chi connectivity index (χ1) is 3.97. The number of aromatic amines is 1. The second-order valence-electron chi connectivity index (χ2n) is 1.48. The van der Waals surface area contributed by atoms with Gasteiger partial charge in [-0.1, -0.05) is 5.16 Å². The zero-order valence-electron chi connectivity index (χ0n) is 3.96. The van der Waals surface area contributed by atoms with Crippen molar-refractivity contribution >= 4 is 11.1 Å². The standard InChI is InChI=1S/C4H3N3O/c1-3-2-6-8-4(3)7-5-1/h1-2H,(H,5,7). The number of fused-ring (bicyclic) bond motifs is 1. The second kappa shape index (κ2) is 1.09. The molecule has 4 nitrogen and oxygen atoms in total. The average molecular weight is 109 g/mol. The van der Waals surface area contributed by atoms with Crippen molar-refractivity contribution in [1.29, 1.82) is 0 Å². The maximum Gasteiger partial charge on any atom is 0.253 e. The van der Waals surface area contributed by atoms with Crippen LogP contribution < -0.4 is 0 Å². The SMILES string of the molecule is c1n[nH]c2oncc12. The van der Waals surface area contributed by atoms with E-state index >= 15 is 0 Å². The third-order valence-electron chi connectivity index (χ3n) is 0.968. The molecule has 4 heteroatoms. The molecule has 1 N–H and O–H groups in total. The average Bonchev–Trinajstić information content (AvgIpc) is 2.15. The van der Waals surface area contributed by atoms with E-state index in [0.29, 0.717) is 5.71 Å². The van der Waals surface area contributed by atoms with E-state index in [-0.39, 0.29) is 0 Å². The van der Waals surface area contributed by atoms with E-state index in [1.54, 1.807) is 12.4 Å². The van der Waals surface area contributed by atoms with Gasteiger partial charge in [0.25, 0.3) is 5.71 Å². The summed E-state index contributed by atoms with van der Waals surface area (Å²) in [6.07, 6.45) is 3.27. The fourth-order valence-electron chi connectivity index (χ4n) is 0.585. The van der Waals surface area contributed by atoms with Gasteiger partial charge in [0.1, 0.15) is 0 Å². The Morgan fingerprint density at radius 2 is 2.50 bits per heavy atom. The van der Waals surface area contributed by atoms with Crippen LogP contribution in [0.15, 0.2) is 16.9 Å². The van der Waals surface area contributed by atoms with Crippen molar-refractivity contribution < 1.29 is 4.52 Å². The Balaban J connectivity index is 3.06. The highest BCUT2D eigenvalue weighted by atomic mass is 16.5. The normalized spacial score (nSPS) is 10.5. The molecule has 0 saturated carbocycles. The minimum Gasteiger partial charge on any atom is -0.336 e. The largest absolute Gasteiger partial charge is 0.336 e. The molecule has 0 aliphatic heterocycles. The van der Waals surface area contributed by atoms with Gasteiger partial charge in [-0.3, -0.25) is 0 Å². The Kier molecular flexibility index (Phi) is 0.498. The summed E-state index contributed by atoms with van der Waals surface area (Å²) in [7, 11) is 0. The summed E-state index contributed by atoms with van der Waals surface area (Å²) in [6, 6.07) is 0. The van der Waals surface area contributed by atoms with Crippen LogP contribution in [0.2, 0.25) is 0 Å². The summed E-state index contributed by atoms with van der Waals surface area (Å²) >= 11 is 0. The van der Waals surface area contributed by atoms with Crippen molar-refractivity contribution in [3.05, 3.63) is 12.4 Å². The first kappa shape index (κ1) is 3.65. The summed E-state index contributed by atoms with van der Waals surface area (Å²) in [5.41, 5.74) is 0.630. The monoisotopic (exact) mass is 109 g/mol. The zero-order valence-corrected chi connectivity index (χ0v) is 3.96. The van der Waals surface area contributed by atoms with E-state index in [2.05, 4.69) is 19.9 Å². The topological polar surface area (TPSA) is 54.7 Å². The van der Waals surface area contributed by atoms with Crippen LogP contribution in [-0.4, -0.2) is 15.4 Å². The van der Waals surface area contributed by atoms with E-state index in [1.807, 2.05) is 0 Å². The van der Waals surface area contributed by atoms with Crippen molar-refractivity contribution in [2.45, 2.75) is 0 Å². The molecule has 0 amide bonds. The fraction of sp³-hybridized carbons (Fsp3) is 0. The molecule has 0 bridgehead atoms. The molecule has 0 aliphatic rings. The molecule has 8 heavy (non-hydrogen) atoms. The summed E-state index contributed by atoms with van der Waals surface area (Å²) in [5.74, 6) is 0. The molecule has 0 aliphatic carbocycles.